The minimum Gasteiger partial charge on any atom is -0.188 e. The van der Waals surface area contributed by atoms with E-state index in [1.165, 1.54) is 36.9 Å². The van der Waals surface area contributed by atoms with Gasteiger partial charge in [-0.2, -0.15) is 4.58 Å². The van der Waals surface area contributed by atoms with Crippen molar-refractivity contribution < 1.29 is 4.58 Å². The van der Waals surface area contributed by atoms with Crippen molar-refractivity contribution >= 4 is 43.4 Å². The van der Waals surface area contributed by atoms with Gasteiger partial charge in [-0.1, -0.05) is 12.1 Å². The quantitative estimate of drug-likeness (QED) is 0.510. The van der Waals surface area contributed by atoms with Gasteiger partial charge >= 0.3 is 0 Å². The molecule has 21 heavy (non-hydrogen) atoms. The van der Waals surface area contributed by atoms with Gasteiger partial charge in [0.25, 0.3) is 0 Å². The molecule has 1 atom stereocenters. The van der Waals surface area contributed by atoms with Crippen LogP contribution in [0.1, 0.15) is 22.7 Å². The van der Waals surface area contributed by atoms with E-state index in [9.17, 15) is 0 Å². The van der Waals surface area contributed by atoms with Gasteiger partial charge in [0.05, 0.1) is 5.56 Å². The molecule has 2 aromatic carbocycles. The van der Waals surface area contributed by atoms with Crippen LogP contribution >= 0.6 is 11.3 Å². The average molecular weight is 288 g/mol. The second-order valence-corrected chi connectivity index (χ2v) is 6.95. The number of benzene rings is 2. The highest BCUT2D eigenvalue weighted by Gasteiger charge is 2.38. The first-order chi connectivity index (χ1) is 10.2. The average Bonchev–Trinajstić information content (AvgIpc) is 3.13. The van der Waals surface area contributed by atoms with Crippen molar-refractivity contribution in [1.82, 2.24) is 0 Å². The molecule has 0 spiro atoms. The minimum atomic E-state index is 0.345. The molecule has 1 unspecified atom stereocenters. The highest BCUT2D eigenvalue weighted by atomic mass is 32.1. The summed E-state index contributed by atoms with van der Waals surface area (Å²) in [7, 11) is 0. The molecule has 100 valence electrons. The molecule has 0 saturated carbocycles. The van der Waals surface area contributed by atoms with Crippen LogP contribution in [-0.2, 0) is 0 Å². The van der Waals surface area contributed by atoms with Crippen LogP contribution in [0.3, 0.4) is 0 Å². The second-order valence-electron chi connectivity index (χ2n) is 5.87. The van der Waals surface area contributed by atoms with Crippen LogP contribution in [0.4, 0.5) is 0 Å². The standard InChI is InChI=1S/C19H14NS/c1-11-5-6-13-16-9-15-14(10-19(16)21-18(13)8-11)12(2)20-7-3-4-17(15)20/h3-10,17H,2H2,1H3/q+1. The van der Waals surface area contributed by atoms with Crippen LogP contribution in [0.5, 0.6) is 0 Å². The molecule has 0 bridgehead atoms. The van der Waals surface area contributed by atoms with E-state index in [1.54, 1.807) is 0 Å². The first-order valence-electron chi connectivity index (χ1n) is 7.18. The lowest BCUT2D eigenvalue weighted by Crippen LogP contribution is -2.02. The van der Waals surface area contributed by atoms with Crippen molar-refractivity contribution in [3.8, 4) is 0 Å². The summed E-state index contributed by atoms with van der Waals surface area (Å²) in [4.78, 5) is 0. The number of thiophene rings is 1. The van der Waals surface area contributed by atoms with Gasteiger partial charge in [0.15, 0.2) is 6.21 Å². The fraction of sp³-hybridized carbons (Fsp3) is 0.105. The van der Waals surface area contributed by atoms with E-state index in [1.807, 2.05) is 11.3 Å². The van der Waals surface area contributed by atoms with Gasteiger partial charge in [0.1, 0.15) is 0 Å². The summed E-state index contributed by atoms with van der Waals surface area (Å²) >= 11 is 1.88. The zero-order chi connectivity index (χ0) is 14.1. The zero-order valence-corrected chi connectivity index (χ0v) is 12.6. The Balaban J connectivity index is 1.89. The number of hydrogen-bond donors (Lipinski definition) is 0. The molecule has 0 radical (unpaired) electrons. The second kappa shape index (κ2) is 3.71. The maximum Gasteiger partial charge on any atom is 0.206 e. The summed E-state index contributed by atoms with van der Waals surface area (Å²) in [5, 5.41) is 2.75. The SMILES string of the molecule is C=C1c2cc3sc4cc(C)ccc4c3cc2C2C=CC=[N+]12. The third-order valence-corrected chi connectivity index (χ3v) is 5.70. The predicted molar refractivity (Wildman–Crippen MR) is 91.3 cm³/mol. The Hall–Kier alpha value is -2.19. The van der Waals surface area contributed by atoms with E-state index in [0.29, 0.717) is 6.04 Å². The summed E-state index contributed by atoms with van der Waals surface area (Å²) in [6.07, 6.45) is 6.50. The van der Waals surface area contributed by atoms with E-state index in [-0.39, 0.29) is 0 Å². The monoisotopic (exact) mass is 288 g/mol. The largest absolute Gasteiger partial charge is 0.206 e. The molecule has 0 aliphatic carbocycles. The number of aryl methyl sites for hydroxylation is 1. The van der Waals surface area contributed by atoms with Crippen molar-refractivity contribution in [3.63, 3.8) is 0 Å². The van der Waals surface area contributed by atoms with Crippen molar-refractivity contribution in [2.24, 2.45) is 0 Å². The van der Waals surface area contributed by atoms with Crippen LogP contribution in [-0.4, -0.2) is 10.8 Å². The molecular formula is C19H14NS+. The molecule has 0 N–H and O–H groups in total. The third-order valence-electron chi connectivity index (χ3n) is 4.58. The van der Waals surface area contributed by atoms with E-state index < -0.39 is 0 Å². The Morgan fingerprint density at radius 2 is 1.95 bits per heavy atom. The molecule has 3 heterocycles. The molecule has 0 amide bonds. The number of fused-ring (bicyclic) bond motifs is 6. The summed E-state index contributed by atoms with van der Waals surface area (Å²) in [6.45, 7) is 6.43. The van der Waals surface area contributed by atoms with E-state index in [0.717, 1.165) is 5.70 Å². The molecule has 2 aliphatic rings. The van der Waals surface area contributed by atoms with E-state index in [2.05, 4.69) is 66.8 Å². The van der Waals surface area contributed by atoms with Crippen LogP contribution in [0, 0.1) is 6.92 Å². The molecular weight excluding hydrogens is 274 g/mol. The van der Waals surface area contributed by atoms with Gasteiger partial charge in [0, 0.05) is 31.8 Å². The van der Waals surface area contributed by atoms with Gasteiger partial charge in [-0.25, -0.2) is 0 Å². The maximum absolute atomic E-state index is 4.27. The topological polar surface area (TPSA) is 3.01 Å². The number of rotatable bonds is 0. The molecule has 2 heteroatoms. The Morgan fingerprint density at radius 1 is 1.10 bits per heavy atom. The van der Waals surface area contributed by atoms with Gasteiger partial charge < -0.3 is 0 Å². The predicted octanol–water partition coefficient (Wildman–Crippen LogP) is 5.04. The molecule has 0 fully saturated rings. The summed E-state index contributed by atoms with van der Waals surface area (Å²) < 4.78 is 5.01. The van der Waals surface area contributed by atoms with Gasteiger partial charge in [-0.3, -0.25) is 0 Å². The van der Waals surface area contributed by atoms with Crippen LogP contribution < -0.4 is 0 Å². The van der Waals surface area contributed by atoms with Gasteiger partial charge in [-0.15, -0.1) is 11.3 Å². The summed E-state index contributed by atoms with van der Waals surface area (Å²) in [5.74, 6) is 0. The van der Waals surface area contributed by atoms with Crippen molar-refractivity contribution in [2.75, 3.05) is 0 Å². The lowest BCUT2D eigenvalue weighted by Gasteiger charge is -1.99. The smallest absolute Gasteiger partial charge is 0.188 e. The highest BCUT2D eigenvalue weighted by Crippen LogP contribution is 2.44. The fourth-order valence-electron chi connectivity index (χ4n) is 3.52. The Morgan fingerprint density at radius 3 is 2.86 bits per heavy atom. The molecule has 5 rings (SSSR count). The fourth-order valence-corrected chi connectivity index (χ4v) is 4.75. The number of nitrogens with zero attached hydrogens (tertiary/aromatic N) is 1. The minimum absolute atomic E-state index is 0.345. The molecule has 1 nitrogen and oxygen atoms in total. The first kappa shape index (κ1) is 11.5. The number of allylic oxidation sites excluding steroid dienone is 1. The number of hydrogen-bond acceptors (Lipinski definition) is 1. The van der Waals surface area contributed by atoms with Crippen molar-refractivity contribution in [1.29, 1.82) is 0 Å². The Bertz CT molecular complexity index is 1020. The highest BCUT2D eigenvalue weighted by molar-refractivity contribution is 7.25. The first-order valence-corrected chi connectivity index (χ1v) is 8.00. The van der Waals surface area contributed by atoms with Crippen molar-refractivity contribution in [2.45, 2.75) is 13.0 Å². The normalized spacial score (nSPS) is 19.4. The molecule has 2 aliphatic heterocycles. The molecule has 0 saturated heterocycles. The Labute approximate surface area is 127 Å². The molecule has 1 aromatic heterocycles. The van der Waals surface area contributed by atoms with Crippen molar-refractivity contribution in [3.05, 3.63) is 65.8 Å². The van der Waals surface area contributed by atoms with E-state index >= 15 is 0 Å². The van der Waals surface area contributed by atoms with Gasteiger partial charge in [0.2, 0.25) is 11.7 Å². The Kier molecular flexibility index (Phi) is 2.03. The zero-order valence-electron chi connectivity index (χ0n) is 11.8. The summed E-state index contributed by atoms with van der Waals surface area (Å²) in [6, 6.07) is 11.8. The van der Waals surface area contributed by atoms with Crippen LogP contribution in [0.2, 0.25) is 0 Å². The van der Waals surface area contributed by atoms with Gasteiger partial charge in [-0.05, 0) is 43.3 Å². The lowest BCUT2D eigenvalue weighted by atomic mass is 10.0. The summed E-state index contributed by atoms with van der Waals surface area (Å²) in [5.41, 5.74) is 5.13. The molecule has 3 aromatic rings. The van der Waals surface area contributed by atoms with E-state index in [4.69, 9.17) is 0 Å². The third kappa shape index (κ3) is 1.38. The lowest BCUT2D eigenvalue weighted by molar-refractivity contribution is -0.450. The van der Waals surface area contributed by atoms with Crippen LogP contribution in [0.15, 0.2) is 49.1 Å². The van der Waals surface area contributed by atoms with Crippen LogP contribution in [0.25, 0.3) is 25.9 Å². The maximum atomic E-state index is 4.27.